The molecule has 0 aliphatic carbocycles. The van der Waals surface area contributed by atoms with E-state index >= 15 is 0 Å². The summed E-state index contributed by atoms with van der Waals surface area (Å²) in [5.74, 6) is -0.450. The average Bonchev–Trinajstić information content (AvgIpc) is 2.67. The predicted octanol–water partition coefficient (Wildman–Crippen LogP) is 3.23. The van der Waals surface area contributed by atoms with Gasteiger partial charge in [0.05, 0.1) is 5.56 Å². The summed E-state index contributed by atoms with van der Waals surface area (Å²) in [6.45, 7) is 0. The summed E-state index contributed by atoms with van der Waals surface area (Å²) < 4.78 is 0. The highest BCUT2D eigenvalue weighted by Gasteiger charge is 2.14. The second-order valence-electron chi connectivity index (χ2n) is 5.00. The van der Waals surface area contributed by atoms with Crippen molar-refractivity contribution in [2.75, 3.05) is 0 Å². The summed E-state index contributed by atoms with van der Waals surface area (Å²) in [5, 5.41) is 3.72. The SMILES string of the molecule is N/C(=N/OC(=O)c1ccccc1-c1ccccc1)c1ccncc1. The second kappa shape index (κ2) is 7.19. The highest BCUT2D eigenvalue weighted by Crippen LogP contribution is 2.24. The van der Waals surface area contributed by atoms with Crippen molar-refractivity contribution in [2.24, 2.45) is 10.9 Å². The van der Waals surface area contributed by atoms with Gasteiger partial charge in [0.25, 0.3) is 0 Å². The third-order valence-corrected chi connectivity index (χ3v) is 3.43. The molecule has 5 heteroatoms. The molecule has 0 bridgehead atoms. The third-order valence-electron chi connectivity index (χ3n) is 3.43. The molecule has 0 atom stereocenters. The molecule has 2 N–H and O–H groups in total. The summed E-state index contributed by atoms with van der Waals surface area (Å²) in [6.07, 6.45) is 3.18. The summed E-state index contributed by atoms with van der Waals surface area (Å²) >= 11 is 0. The van der Waals surface area contributed by atoms with Crippen LogP contribution in [-0.2, 0) is 4.84 Å². The number of hydrogen-bond donors (Lipinski definition) is 1. The highest BCUT2D eigenvalue weighted by atomic mass is 16.7. The van der Waals surface area contributed by atoms with Crippen LogP contribution in [0.2, 0.25) is 0 Å². The molecule has 2 aromatic carbocycles. The molecule has 1 aromatic heterocycles. The topological polar surface area (TPSA) is 77.6 Å². The van der Waals surface area contributed by atoms with Crippen molar-refractivity contribution in [3.8, 4) is 11.1 Å². The summed E-state index contributed by atoms with van der Waals surface area (Å²) in [5.41, 5.74) is 8.58. The number of carbonyl (C=O) groups excluding carboxylic acids is 1. The number of nitrogens with zero attached hydrogens (tertiary/aromatic N) is 2. The van der Waals surface area contributed by atoms with Crippen LogP contribution in [0, 0.1) is 0 Å². The van der Waals surface area contributed by atoms with Gasteiger partial charge in [-0.15, -0.1) is 0 Å². The summed E-state index contributed by atoms with van der Waals surface area (Å²) in [4.78, 5) is 21.3. The van der Waals surface area contributed by atoms with E-state index in [4.69, 9.17) is 10.6 Å². The van der Waals surface area contributed by atoms with Crippen LogP contribution in [0.1, 0.15) is 15.9 Å². The number of oxime groups is 1. The van der Waals surface area contributed by atoms with Crippen molar-refractivity contribution >= 4 is 11.8 Å². The van der Waals surface area contributed by atoms with Crippen LogP contribution < -0.4 is 5.73 Å². The van der Waals surface area contributed by atoms with Crippen LogP contribution in [0.4, 0.5) is 0 Å². The lowest BCUT2D eigenvalue weighted by molar-refractivity contribution is 0.0517. The van der Waals surface area contributed by atoms with Gasteiger partial charge >= 0.3 is 5.97 Å². The Morgan fingerprint density at radius 1 is 0.917 bits per heavy atom. The van der Waals surface area contributed by atoms with E-state index in [-0.39, 0.29) is 5.84 Å². The lowest BCUT2D eigenvalue weighted by Gasteiger charge is -2.07. The van der Waals surface area contributed by atoms with E-state index in [1.807, 2.05) is 42.5 Å². The number of benzene rings is 2. The van der Waals surface area contributed by atoms with E-state index in [0.29, 0.717) is 11.1 Å². The molecule has 24 heavy (non-hydrogen) atoms. The predicted molar refractivity (Wildman–Crippen MR) is 92.3 cm³/mol. The van der Waals surface area contributed by atoms with E-state index in [9.17, 15) is 4.79 Å². The maximum absolute atomic E-state index is 12.4. The Balaban J connectivity index is 1.84. The molecule has 0 saturated carbocycles. The van der Waals surface area contributed by atoms with Gasteiger partial charge in [0, 0.05) is 18.0 Å². The zero-order valence-corrected chi connectivity index (χ0v) is 12.8. The van der Waals surface area contributed by atoms with Crippen LogP contribution in [0.25, 0.3) is 11.1 Å². The standard InChI is InChI=1S/C19H15N3O2/c20-18(15-10-12-21-13-11-15)22-24-19(23)17-9-5-4-8-16(17)14-6-2-1-3-7-14/h1-13H,(H2,20,22). The molecular formula is C19H15N3O2. The number of pyridine rings is 1. The largest absolute Gasteiger partial charge is 0.380 e. The Bertz CT molecular complexity index is 862. The Hall–Kier alpha value is -3.47. The molecule has 3 aromatic rings. The lowest BCUT2D eigenvalue weighted by atomic mass is 10.00. The molecule has 0 radical (unpaired) electrons. The first-order chi connectivity index (χ1) is 11.8. The highest BCUT2D eigenvalue weighted by molar-refractivity contribution is 6.00. The molecule has 118 valence electrons. The molecule has 0 saturated heterocycles. The van der Waals surface area contributed by atoms with Gasteiger partial charge in [0.1, 0.15) is 0 Å². The minimum absolute atomic E-state index is 0.114. The molecule has 0 amide bonds. The number of aromatic nitrogens is 1. The summed E-state index contributed by atoms with van der Waals surface area (Å²) in [7, 11) is 0. The third kappa shape index (κ3) is 3.47. The van der Waals surface area contributed by atoms with E-state index in [2.05, 4.69) is 10.1 Å². The Kier molecular flexibility index (Phi) is 4.62. The first kappa shape index (κ1) is 15.4. The number of carbonyl (C=O) groups is 1. The molecule has 0 fully saturated rings. The van der Waals surface area contributed by atoms with Crippen molar-refractivity contribution in [2.45, 2.75) is 0 Å². The Morgan fingerprint density at radius 2 is 1.58 bits per heavy atom. The zero-order chi connectivity index (χ0) is 16.8. The van der Waals surface area contributed by atoms with Crippen molar-refractivity contribution in [1.29, 1.82) is 0 Å². The molecule has 5 nitrogen and oxygen atoms in total. The van der Waals surface area contributed by atoms with Gasteiger partial charge in [0.2, 0.25) is 0 Å². The molecule has 0 aliphatic rings. The van der Waals surface area contributed by atoms with Gasteiger partial charge in [-0.05, 0) is 29.3 Å². The lowest BCUT2D eigenvalue weighted by Crippen LogP contribution is -2.15. The zero-order valence-electron chi connectivity index (χ0n) is 12.8. The van der Waals surface area contributed by atoms with Crippen molar-refractivity contribution in [1.82, 2.24) is 4.98 Å². The first-order valence-corrected chi connectivity index (χ1v) is 7.35. The normalized spacial score (nSPS) is 11.1. The fourth-order valence-corrected chi connectivity index (χ4v) is 2.25. The van der Waals surface area contributed by atoms with E-state index in [1.165, 1.54) is 0 Å². The minimum atomic E-state index is -0.563. The fourth-order valence-electron chi connectivity index (χ4n) is 2.25. The van der Waals surface area contributed by atoms with Crippen LogP contribution in [0.15, 0.2) is 84.3 Å². The number of hydrogen-bond acceptors (Lipinski definition) is 4. The smallest absolute Gasteiger partial charge is 0.366 e. The Morgan fingerprint density at radius 3 is 2.33 bits per heavy atom. The van der Waals surface area contributed by atoms with Gasteiger partial charge in [0.15, 0.2) is 5.84 Å². The van der Waals surface area contributed by atoms with Gasteiger partial charge in [-0.1, -0.05) is 53.7 Å². The maximum atomic E-state index is 12.4. The molecule has 0 spiro atoms. The van der Waals surface area contributed by atoms with Crippen LogP contribution >= 0.6 is 0 Å². The molecule has 3 rings (SSSR count). The maximum Gasteiger partial charge on any atom is 0.366 e. The van der Waals surface area contributed by atoms with Crippen molar-refractivity contribution < 1.29 is 9.63 Å². The van der Waals surface area contributed by atoms with Crippen LogP contribution in [0.3, 0.4) is 0 Å². The fraction of sp³-hybridized carbons (Fsp3) is 0. The van der Waals surface area contributed by atoms with E-state index in [1.54, 1.807) is 36.7 Å². The summed E-state index contributed by atoms with van der Waals surface area (Å²) in [6, 6.07) is 20.2. The van der Waals surface area contributed by atoms with Gasteiger partial charge < -0.3 is 10.6 Å². The quantitative estimate of drug-likeness (QED) is 0.347. The van der Waals surface area contributed by atoms with Crippen molar-refractivity contribution in [3.63, 3.8) is 0 Å². The number of rotatable bonds is 4. The van der Waals surface area contributed by atoms with Crippen LogP contribution in [-0.4, -0.2) is 16.8 Å². The van der Waals surface area contributed by atoms with Crippen molar-refractivity contribution in [3.05, 3.63) is 90.3 Å². The van der Waals surface area contributed by atoms with E-state index in [0.717, 1.165) is 11.1 Å². The average molecular weight is 317 g/mol. The second-order valence-corrected chi connectivity index (χ2v) is 5.00. The van der Waals surface area contributed by atoms with Gasteiger partial charge in [-0.3, -0.25) is 4.98 Å². The Labute approximate surface area is 139 Å². The van der Waals surface area contributed by atoms with Gasteiger partial charge in [-0.2, -0.15) is 0 Å². The minimum Gasteiger partial charge on any atom is -0.380 e. The number of nitrogens with two attached hydrogens (primary N) is 1. The van der Waals surface area contributed by atoms with E-state index < -0.39 is 5.97 Å². The monoisotopic (exact) mass is 317 g/mol. The number of amidine groups is 1. The first-order valence-electron chi connectivity index (χ1n) is 7.35. The van der Waals surface area contributed by atoms with Crippen LogP contribution in [0.5, 0.6) is 0 Å². The van der Waals surface area contributed by atoms with Gasteiger partial charge in [-0.25, -0.2) is 4.79 Å². The molecule has 0 aliphatic heterocycles. The molecule has 1 heterocycles. The molecular weight excluding hydrogens is 302 g/mol. The molecule has 0 unspecified atom stereocenters.